The summed E-state index contributed by atoms with van der Waals surface area (Å²) in [5.41, 5.74) is 7.15. The number of nitrogens with zero attached hydrogens (tertiary/aromatic N) is 1. The predicted octanol–water partition coefficient (Wildman–Crippen LogP) is 2.70. The number of nitrogens with two attached hydrogens (primary N) is 1. The lowest BCUT2D eigenvalue weighted by molar-refractivity contribution is 0.0951. The van der Waals surface area contributed by atoms with Gasteiger partial charge in [-0.3, -0.25) is 4.79 Å². The second kappa shape index (κ2) is 8.14. The molecule has 0 aliphatic carbocycles. The van der Waals surface area contributed by atoms with E-state index in [1.54, 1.807) is 41.3 Å². The van der Waals surface area contributed by atoms with Crippen molar-refractivity contribution < 1.29 is 14.0 Å². The number of hydrogen-bond donors (Lipinski definition) is 3. The molecule has 2 rings (SSSR count). The Morgan fingerprint density at radius 3 is 2.40 bits per heavy atom. The molecule has 0 heterocycles. The van der Waals surface area contributed by atoms with Crippen LogP contribution in [0.3, 0.4) is 0 Å². The molecule has 0 saturated heterocycles. The molecule has 0 bridgehead atoms. The Morgan fingerprint density at radius 1 is 1.16 bits per heavy atom. The Kier molecular flexibility index (Phi) is 5.94. The Labute approximate surface area is 145 Å². The number of anilines is 2. The summed E-state index contributed by atoms with van der Waals surface area (Å²) in [7, 11) is 1.82. The number of urea groups is 1. The van der Waals surface area contributed by atoms with Gasteiger partial charge in [-0.2, -0.15) is 0 Å². The van der Waals surface area contributed by atoms with Crippen molar-refractivity contribution in [2.75, 3.05) is 23.8 Å². The molecule has 0 unspecified atom stereocenters. The maximum atomic E-state index is 14.1. The van der Waals surface area contributed by atoms with Crippen LogP contribution in [0, 0.1) is 5.82 Å². The van der Waals surface area contributed by atoms with Gasteiger partial charge in [0.05, 0.1) is 5.69 Å². The molecule has 0 atom stereocenters. The van der Waals surface area contributed by atoms with Crippen LogP contribution in [-0.4, -0.2) is 25.5 Å². The number of nitrogens with one attached hydrogen (secondary N) is 2. The lowest BCUT2D eigenvalue weighted by Crippen LogP contribution is -2.23. The zero-order chi connectivity index (χ0) is 18.4. The summed E-state index contributed by atoms with van der Waals surface area (Å²) in [6.45, 7) is 2.86. The molecule has 0 radical (unpaired) electrons. The molecule has 4 N–H and O–H groups in total. The number of amides is 3. The zero-order valence-corrected chi connectivity index (χ0v) is 14.2. The molecule has 2 aromatic carbocycles. The van der Waals surface area contributed by atoms with Gasteiger partial charge < -0.3 is 21.3 Å². The SMILES string of the molecule is CCN(C)c1ccc(CNC(=O)c2ccc(NC(N)=O)cc2)cc1F. The highest BCUT2D eigenvalue weighted by Crippen LogP contribution is 2.19. The second-order valence-electron chi connectivity index (χ2n) is 5.55. The number of hydrogen-bond acceptors (Lipinski definition) is 3. The fourth-order valence-electron chi connectivity index (χ4n) is 2.27. The third-order valence-electron chi connectivity index (χ3n) is 3.77. The summed E-state index contributed by atoms with van der Waals surface area (Å²) in [5.74, 6) is -0.612. The lowest BCUT2D eigenvalue weighted by Gasteiger charge is -2.18. The Hall–Kier alpha value is -3.09. The van der Waals surface area contributed by atoms with Gasteiger partial charge in [-0.25, -0.2) is 9.18 Å². The Morgan fingerprint density at radius 2 is 1.84 bits per heavy atom. The van der Waals surface area contributed by atoms with E-state index in [4.69, 9.17) is 5.73 Å². The van der Waals surface area contributed by atoms with Gasteiger partial charge in [0.25, 0.3) is 5.91 Å². The molecular formula is C18H21FN4O2. The number of halogens is 1. The molecule has 0 aliphatic rings. The van der Waals surface area contributed by atoms with E-state index in [9.17, 15) is 14.0 Å². The van der Waals surface area contributed by atoms with Crippen LogP contribution < -0.4 is 21.3 Å². The van der Waals surface area contributed by atoms with Gasteiger partial charge in [0.15, 0.2) is 0 Å². The van der Waals surface area contributed by atoms with Crippen molar-refractivity contribution in [3.8, 4) is 0 Å². The van der Waals surface area contributed by atoms with E-state index >= 15 is 0 Å². The van der Waals surface area contributed by atoms with E-state index in [1.165, 1.54) is 6.07 Å². The zero-order valence-electron chi connectivity index (χ0n) is 14.2. The molecule has 132 valence electrons. The monoisotopic (exact) mass is 344 g/mol. The van der Waals surface area contributed by atoms with E-state index in [0.717, 1.165) is 0 Å². The highest BCUT2D eigenvalue weighted by atomic mass is 19.1. The smallest absolute Gasteiger partial charge is 0.316 e. The number of rotatable bonds is 6. The molecule has 6 nitrogen and oxygen atoms in total. The van der Waals surface area contributed by atoms with E-state index in [1.807, 2.05) is 14.0 Å². The highest BCUT2D eigenvalue weighted by Gasteiger charge is 2.09. The molecular weight excluding hydrogens is 323 g/mol. The molecule has 0 aliphatic heterocycles. The first-order valence-corrected chi connectivity index (χ1v) is 7.85. The summed E-state index contributed by atoms with van der Waals surface area (Å²) in [6, 6.07) is 10.5. The molecule has 7 heteroatoms. The van der Waals surface area contributed by atoms with Crippen LogP contribution >= 0.6 is 0 Å². The van der Waals surface area contributed by atoms with Crippen LogP contribution in [-0.2, 0) is 6.54 Å². The van der Waals surface area contributed by atoms with Crippen molar-refractivity contribution in [2.45, 2.75) is 13.5 Å². The van der Waals surface area contributed by atoms with Crippen LogP contribution in [0.1, 0.15) is 22.8 Å². The summed E-state index contributed by atoms with van der Waals surface area (Å²) < 4.78 is 14.1. The molecule has 0 aromatic heterocycles. The molecule has 0 spiro atoms. The fraction of sp³-hybridized carbons (Fsp3) is 0.222. The van der Waals surface area contributed by atoms with Crippen molar-refractivity contribution in [1.29, 1.82) is 0 Å². The first kappa shape index (κ1) is 18.3. The minimum atomic E-state index is -0.670. The molecule has 0 saturated carbocycles. The van der Waals surface area contributed by atoms with Crippen LogP contribution in [0.4, 0.5) is 20.6 Å². The quantitative estimate of drug-likeness (QED) is 0.753. The van der Waals surface area contributed by atoms with Gasteiger partial charge in [-0.1, -0.05) is 6.07 Å². The van der Waals surface area contributed by atoms with E-state index in [0.29, 0.717) is 29.0 Å². The number of carbonyl (C=O) groups excluding carboxylic acids is 2. The first-order valence-electron chi connectivity index (χ1n) is 7.85. The van der Waals surface area contributed by atoms with Crippen LogP contribution in [0.5, 0.6) is 0 Å². The van der Waals surface area contributed by atoms with E-state index in [-0.39, 0.29) is 18.3 Å². The molecule has 0 fully saturated rings. The van der Waals surface area contributed by atoms with Crippen LogP contribution in [0.25, 0.3) is 0 Å². The maximum Gasteiger partial charge on any atom is 0.316 e. The van der Waals surface area contributed by atoms with Gasteiger partial charge in [-0.15, -0.1) is 0 Å². The van der Waals surface area contributed by atoms with Gasteiger partial charge in [0.2, 0.25) is 0 Å². The fourth-order valence-corrected chi connectivity index (χ4v) is 2.27. The third kappa shape index (κ3) is 4.94. The van der Waals surface area contributed by atoms with Gasteiger partial charge in [0, 0.05) is 31.4 Å². The van der Waals surface area contributed by atoms with Gasteiger partial charge in [-0.05, 0) is 48.9 Å². The summed E-state index contributed by atoms with van der Waals surface area (Å²) >= 11 is 0. The lowest BCUT2D eigenvalue weighted by atomic mass is 10.1. The number of benzene rings is 2. The van der Waals surface area contributed by atoms with Crippen LogP contribution in [0.2, 0.25) is 0 Å². The average molecular weight is 344 g/mol. The minimum Gasteiger partial charge on any atom is -0.373 e. The van der Waals surface area contributed by atoms with Crippen molar-refractivity contribution in [3.05, 3.63) is 59.4 Å². The first-order chi connectivity index (χ1) is 11.9. The van der Waals surface area contributed by atoms with E-state index in [2.05, 4.69) is 10.6 Å². The van der Waals surface area contributed by atoms with Crippen molar-refractivity contribution in [3.63, 3.8) is 0 Å². The van der Waals surface area contributed by atoms with Crippen LogP contribution in [0.15, 0.2) is 42.5 Å². The third-order valence-corrected chi connectivity index (χ3v) is 3.77. The summed E-state index contributed by atoms with van der Waals surface area (Å²) in [5, 5.41) is 5.15. The summed E-state index contributed by atoms with van der Waals surface area (Å²) in [4.78, 5) is 24.7. The van der Waals surface area contributed by atoms with Crippen molar-refractivity contribution in [2.24, 2.45) is 5.73 Å². The number of primary amides is 1. The molecule has 3 amide bonds. The molecule has 2 aromatic rings. The number of carbonyl (C=O) groups is 2. The second-order valence-corrected chi connectivity index (χ2v) is 5.55. The normalized spacial score (nSPS) is 10.2. The highest BCUT2D eigenvalue weighted by molar-refractivity contribution is 5.95. The van der Waals surface area contributed by atoms with E-state index < -0.39 is 6.03 Å². The van der Waals surface area contributed by atoms with Crippen molar-refractivity contribution >= 4 is 23.3 Å². The average Bonchev–Trinajstić information content (AvgIpc) is 2.59. The standard InChI is InChI=1S/C18H21FN4O2/c1-3-23(2)16-9-4-12(10-15(16)19)11-21-17(24)13-5-7-14(8-6-13)22-18(20)25/h4-10H,3,11H2,1-2H3,(H,21,24)(H3,20,22,25). The predicted molar refractivity (Wildman–Crippen MR) is 96.2 cm³/mol. The largest absolute Gasteiger partial charge is 0.373 e. The van der Waals surface area contributed by atoms with Gasteiger partial charge >= 0.3 is 6.03 Å². The van der Waals surface area contributed by atoms with Crippen molar-refractivity contribution in [1.82, 2.24) is 5.32 Å². The minimum absolute atomic E-state index is 0.215. The van der Waals surface area contributed by atoms with Gasteiger partial charge in [0.1, 0.15) is 5.82 Å². The Balaban J connectivity index is 1.97. The Bertz CT molecular complexity index is 762. The maximum absolute atomic E-state index is 14.1. The summed E-state index contributed by atoms with van der Waals surface area (Å²) in [6.07, 6.45) is 0. The molecule has 25 heavy (non-hydrogen) atoms. The topological polar surface area (TPSA) is 87.5 Å².